The topological polar surface area (TPSA) is 81.0 Å². The van der Waals surface area contributed by atoms with E-state index in [1.165, 1.54) is 22.6 Å². The summed E-state index contributed by atoms with van der Waals surface area (Å²) in [6.07, 6.45) is 3.20. The van der Waals surface area contributed by atoms with Gasteiger partial charge in [-0.3, -0.25) is 10.1 Å². The Morgan fingerprint density at radius 2 is 2.17 bits per heavy atom. The van der Waals surface area contributed by atoms with Crippen LogP contribution in [0.15, 0.2) is 24.3 Å². The van der Waals surface area contributed by atoms with Gasteiger partial charge < -0.3 is 5.32 Å². The van der Waals surface area contributed by atoms with E-state index in [4.69, 9.17) is 11.6 Å². The van der Waals surface area contributed by atoms with Crippen molar-refractivity contribution in [1.82, 2.24) is 9.97 Å². The Morgan fingerprint density at radius 3 is 3.00 bits per heavy atom. The second-order valence-electron chi connectivity index (χ2n) is 5.31. The number of halogens is 1. The van der Waals surface area contributed by atoms with Gasteiger partial charge in [-0.25, -0.2) is 4.98 Å². The molecule has 1 aliphatic rings. The van der Waals surface area contributed by atoms with Crippen LogP contribution in [-0.2, 0) is 12.8 Å². The van der Waals surface area contributed by atoms with Gasteiger partial charge in [0.2, 0.25) is 5.28 Å². The van der Waals surface area contributed by atoms with Gasteiger partial charge in [0, 0.05) is 22.7 Å². The van der Waals surface area contributed by atoms with Gasteiger partial charge >= 0.3 is 0 Å². The smallest absolute Gasteiger partial charge is 0.271 e. The van der Waals surface area contributed by atoms with E-state index in [0.717, 1.165) is 29.5 Å². The Kier molecular flexibility index (Phi) is 3.39. The first-order valence-corrected chi connectivity index (χ1v) is 8.30. The molecule has 0 fully saturated rings. The van der Waals surface area contributed by atoms with Gasteiger partial charge in [0.25, 0.3) is 5.69 Å². The predicted octanol–water partition coefficient (Wildman–Crippen LogP) is 4.49. The van der Waals surface area contributed by atoms with Crippen molar-refractivity contribution in [3.63, 3.8) is 0 Å². The van der Waals surface area contributed by atoms with E-state index >= 15 is 0 Å². The maximum absolute atomic E-state index is 10.9. The molecule has 4 rings (SSSR count). The highest BCUT2D eigenvalue weighted by molar-refractivity contribution is 7.19. The Labute approximate surface area is 140 Å². The van der Waals surface area contributed by atoms with Gasteiger partial charge in [-0.2, -0.15) is 4.98 Å². The normalized spacial score (nSPS) is 13.3. The average Bonchev–Trinajstić information content (AvgIpc) is 3.07. The minimum atomic E-state index is -0.421. The minimum Gasteiger partial charge on any atom is -0.339 e. The molecular weight excluding hydrogens is 336 g/mol. The number of nitrogens with zero attached hydrogens (tertiary/aromatic N) is 3. The summed E-state index contributed by atoms with van der Waals surface area (Å²) in [5, 5.41) is 15.2. The highest BCUT2D eigenvalue weighted by Crippen LogP contribution is 2.40. The summed E-state index contributed by atoms with van der Waals surface area (Å²) >= 11 is 7.68. The van der Waals surface area contributed by atoms with Crippen molar-refractivity contribution in [2.75, 3.05) is 5.32 Å². The molecule has 8 heteroatoms. The molecular formula is C15H11ClN4O2S. The second kappa shape index (κ2) is 5.43. The van der Waals surface area contributed by atoms with Crippen LogP contribution in [0.3, 0.4) is 0 Å². The number of rotatable bonds is 3. The van der Waals surface area contributed by atoms with E-state index in [1.54, 1.807) is 23.5 Å². The fourth-order valence-corrected chi connectivity index (χ4v) is 4.37. The van der Waals surface area contributed by atoms with E-state index in [0.29, 0.717) is 11.5 Å². The fourth-order valence-electron chi connectivity index (χ4n) is 2.89. The molecule has 0 amide bonds. The van der Waals surface area contributed by atoms with E-state index in [9.17, 15) is 10.1 Å². The molecule has 2 aromatic heterocycles. The Hall–Kier alpha value is -2.25. The SMILES string of the molecule is O=[N+]([O-])c1cccc(Nc2nc(Cl)nc3sc4c(c23)CCC4)c1. The fraction of sp³-hybridized carbons (Fsp3) is 0.200. The van der Waals surface area contributed by atoms with Crippen LogP contribution in [0, 0.1) is 10.1 Å². The summed E-state index contributed by atoms with van der Waals surface area (Å²) in [5.41, 5.74) is 1.91. The van der Waals surface area contributed by atoms with Crippen molar-refractivity contribution in [3.05, 3.63) is 50.1 Å². The summed E-state index contributed by atoms with van der Waals surface area (Å²) in [7, 11) is 0. The Morgan fingerprint density at radius 1 is 1.30 bits per heavy atom. The van der Waals surface area contributed by atoms with Crippen LogP contribution < -0.4 is 5.32 Å². The van der Waals surface area contributed by atoms with Crippen molar-refractivity contribution in [2.45, 2.75) is 19.3 Å². The van der Waals surface area contributed by atoms with Crippen molar-refractivity contribution < 1.29 is 4.92 Å². The standard InChI is InChI=1S/C15H11ClN4O2S/c16-15-18-13(17-8-3-1-4-9(7-8)20(21)22)12-10-5-2-6-11(10)23-14(12)19-15/h1,3-4,7H,2,5-6H2,(H,17,18,19). The molecule has 0 saturated heterocycles. The first kappa shape index (κ1) is 14.3. The van der Waals surface area contributed by atoms with Gasteiger partial charge in [-0.05, 0) is 42.5 Å². The van der Waals surface area contributed by atoms with Crippen LogP contribution in [0.25, 0.3) is 10.2 Å². The van der Waals surface area contributed by atoms with Crippen LogP contribution in [0.1, 0.15) is 16.9 Å². The van der Waals surface area contributed by atoms with Crippen LogP contribution >= 0.6 is 22.9 Å². The summed E-state index contributed by atoms with van der Waals surface area (Å²) in [5.74, 6) is 0.611. The second-order valence-corrected chi connectivity index (χ2v) is 6.73. The number of hydrogen-bond donors (Lipinski definition) is 1. The third-order valence-corrected chi connectivity index (χ3v) is 5.21. The lowest BCUT2D eigenvalue weighted by Crippen LogP contribution is -1.98. The molecule has 0 aliphatic heterocycles. The number of aryl methyl sites for hydroxylation is 2. The van der Waals surface area contributed by atoms with Crippen molar-refractivity contribution in [3.8, 4) is 0 Å². The molecule has 1 aliphatic carbocycles. The Bertz CT molecular complexity index is 941. The minimum absolute atomic E-state index is 0.0296. The first-order valence-electron chi connectivity index (χ1n) is 7.11. The van der Waals surface area contributed by atoms with Crippen LogP contribution in [-0.4, -0.2) is 14.9 Å². The third-order valence-electron chi connectivity index (χ3n) is 3.86. The number of fused-ring (bicyclic) bond motifs is 3. The summed E-state index contributed by atoms with van der Waals surface area (Å²) in [6.45, 7) is 0. The number of nitro benzene ring substituents is 1. The average molecular weight is 347 g/mol. The summed E-state index contributed by atoms with van der Waals surface area (Å²) in [6, 6.07) is 6.34. The van der Waals surface area contributed by atoms with E-state index in [1.807, 2.05) is 0 Å². The third kappa shape index (κ3) is 2.51. The molecule has 0 unspecified atom stereocenters. The highest BCUT2D eigenvalue weighted by atomic mass is 35.5. The molecule has 0 spiro atoms. The van der Waals surface area contributed by atoms with Crippen LogP contribution in [0.5, 0.6) is 0 Å². The molecule has 3 aromatic rings. The van der Waals surface area contributed by atoms with Crippen LogP contribution in [0.2, 0.25) is 5.28 Å². The van der Waals surface area contributed by atoms with Crippen molar-refractivity contribution in [1.29, 1.82) is 0 Å². The zero-order valence-electron chi connectivity index (χ0n) is 11.9. The monoisotopic (exact) mass is 346 g/mol. The quantitative estimate of drug-likeness (QED) is 0.429. The molecule has 2 heterocycles. The summed E-state index contributed by atoms with van der Waals surface area (Å²) < 4.78 is 0. The number of benzene rings is 1. The zero-order chi connectivity index (χ0) is 16.0. The van der Waals surface area contributed by atoms with Gasteiger partial charge in [-0.15, -0.1) is 11.3 Å². The molecule has 0 bridgehead atoms. The van der Waals surface area contributed by atoms with Gasteiger partial charge in [0.05, 0.1) is 10.3 Å². The number of thiophene rings is 1. The molecule has 0 saturated carbocycles. The maximum atomic E-state index is 10.9. The molecule has 0 atom stereocenters. The molecule has 116 valence electrons. The largest absolute Gasteiger partial charge is 0.339 e. The van der Waals surface area contributed by atoms with E-state index in [-0.39, 0.29) is 11.0 Å². The number of aromatic nitrogens is 2. The number of nitro groups is 1. The number of non-ortho nitro benzene ring substituents is 1. The molecule has 1 aromatic carbocycles. The molecule has 23 heavy (non-hydrogen) atoms. The predicted molar refractivity (Wildman–Crippen MR) is 90.8 cm³/mol. The van der Waals surface area contributed by atoms with Gasteiger partial charge in [0.15, 0.2) is 0 Å². The van der Waals surface area contributed by atoms with Crippen LogP contribution in [0.4, 0.5) is 17.2 Å². The number of nitrogens with one attached hydrogen (secondary N) is 1. The van der Waals surface area contributed by atoms with Crippen molar-refractivity contribution in [2.24, 2.45) is 0 Å². The lowest BCUT2D eigenvalue weighted by Gasteiger charge is -2.08. The Balaban J connectivity index is 1.82. The van der Waals surface area contributed by atoms with Gasteiger partial charge in [-0.1, -0.05) is 6.07 Å². The van der Waals surface area contributed by atoms with E-state index < -0.39 is 4.92 Å². The van der Waals surface area contributed by atoms with Gasteiger partial charge in [0.1, 0.15) is 10.6 Å². The maximum Gasteiger partial charge on any atom is 0.271 e. The highest BCUT2D eigenvalue weighted by Gasteiger charge is 2.22. The number of hydrogen-bond acceptors (Lipinski definition) is 6. The molecule has 1 N–H and O–H groups in total. The number of anilines is 2. The lowest BCUT2D eigenvalue weighted by atomic mass is 10.2. The molecule has 0 radical (unpaired) electrons. The zero-order valence-corrected chi connectivity index (χ0v) is 13.4. The van der Waals surface area contributed by atoms with Crippen molar-refractivity contribution >= 4 is 50.3 Å². The lowest BCUT2D eigenvalue weighted by molar-refractivity contribution is -0.384. The first-order chi connectivity index (χ1) is 11.1. The summed E-state index contributed by atoms with van der Waals surface area (Å²) in [4.78, 5) is 21.3. The van der Waals surface area contributed by atoms with E-state index in [2.05, 4.69) is 15.3 Å². The molecule has 6 nitrogen and oxygen atoms in total.